The number of hydrogen-bond donors (Lipinski definition) is 1. The molecule has 40 heavy (non-hydrogen) atoms. The van der Waals surface area contributed by atoms with Crippen molar-refractivity contribution in [2.75, 3.05) is 22.3 Å². The van der Waals surface area contributed by atoms with Gasteiger partial charge in [-0.2, -0.15) is 0 Å². The lowest BCUT2D eigenvalue weighted by Crippen LogP contribution is -2.51. The zero-order chi connectivity index (χ0) is 28.5. The predicted octanol–water partition coefficient (Wildman–Crippen LogP) is 4.51. The molecule has 1 heterocycles. The lowest BCUT2D eigenvalue weighted by atomic mass is 10.1. The monoisotopic (exact) mass is 575 g/mol. The van der Waals surface area contributed by atoms with E-state index in [2.05, 4.69) is 4.72 Å². The van der Waals surface area contributed by atoms with E-state index in [0.29, 0.717) is 5.69 Å². The highest BCUT2D eigenvalue weighted by Gasteiger charge is 2.40. The van der Waals surface area contributed by atoms with Crippen LogP contribution in [0, 0.1) is 13.8 Å². The highest BCUT2D eigenvalue weighted by molar-refractivity contribution is 7.93. The van der Waals surface area contributed by atoms with Gasteiger partial charge in [0.25, 0.3) is 15.9 Å². The van der Waals surface area contributed by atoms with Crippen molar-refractivity contribution in [1.82, 2.24) is 4.72 Å². The Hall–Kier alpha value is -3.99. The molecule has 1 aliphatic rings. The summed E-state index contributed by atoms with van der Waals surface area (Å²) in [5, 5.41) is 0. The fraction of sp³-hybridized carbons (Fsp3) is 0.167. The summed E-state index contributed by atoms with van der Waals surface area (Å²) in [4.78, 5) is 15.5. The van der Waals surface area contributed by atoms with Gasteiger partial charge < -0.3 is 4.90 Å². The van der Waals surface area contributed by atoms with Crippen LogP contribution in [-0.4, -0.2) is 41.9 Å². The number of hydrogen-bond acceptors (Lipinski definition) is 5. The fourth-order valence-corrected chi connectivity index (χ4v) is 7.42. The van der Waals surface area contributed by atoms with Gasteiger partial charge in [-0.15, -0.1) is 0 Å². The first-order chi connectivity index (χ1) is 19.1. The molecule has 5 rings (SSSR count). The van der Waals surface area contributed by atoms with Gasteiger partial charge in [0.1, 0.15) is 0 Å². The molecule has 0 radical (unpaired) electrons. The number of sulfonamides is 2. The lowest BCUT2D eigenvalue weighted by molar-refractivity contribution is 0.0988. The minimum Gasteiger partial charge on any atom is -0.306 e. The zero-order valence-electron chi connectivity index (χ0n) is 22.1. The molecule has 1 atom stereocenters. The molecule has 0 bridgehead atoms. The number of para-hydroxylation sites is 2. The summed E-state index contributed by atoms with van der Waals surface area (Å²) < 4.78 is 58.7. The standard InChI is InChI=1S/C30H29N3O5S2/c1-22-12-16-26(17-13-22)39(35,36)31-20-25-21-32(24-8-4-3-5-9-24)30(34)28-10-6-7-11-29(28)33(25)40(37,38)27-18-14-23(2)15-19-27/h3-19,25,31H,20-21H2,1-2H3. The van der Waals surface area contributed by atoms with Gasteiger partial charge in [0, 0.05) is 18.8 Å². The molecule has 0 aromatic heterocycles. The topological polar surface area (TPSA) is 104 Å². The molecule has 4 aromatic rings. The third kappa shape index (κ3) is 5.38. The smallest absolute Gasteiger partial charge is 0.264 e. The Morgan fingerprint density at radius 1 is 0.725 bits per heavy atom. The molecule has 1 unspecified atom stereocenters. The maximum absolute atomic E-state index is 14.2. The highest BCUT2D eigenvalue weighted by atomic mass is 32.2. The number of rotatable bonds is 7. The Morgan fingerprint density at radius 2 is 1.27 bits per heavy atom. The first-order valence-electron chi connectivity index (χ1n) is 12.7. The van der Waals surface area contributed by atoms with E-state index in [1.54, 1.807) is 72.8 Å². The second kappa shape index (κ2) is 10.9. The number of carbonyl (C=O) groups is 1. The Bertz CT molecular complexity index is 1740. The largest absolute Gasteiger partial charge is 0.306 e. The van der Waals surface area contributed by atoms with E-state index in [-0.39, 0.29) is 40.0 Å². The van der Waals surface area contributed by atoms with Gasteiger partial charge in [0.15, 0.2) is 0 Å². The molecular weight excluding hydrogens is 546 g/mol. The van der Waals surface area contributed by atoms with Crippen LogP contribution in [0.5, 0.6) is 0 Å². The van der Waals surface area contributed by atoms with Crippen LogP contribution in [0.25, 0.3) is 0 Å². The maximum Gasteiger partial charge on any atom is 0.264 e. The van der Waals surface area contributed by atoms with E-state index in [1.807, 2.05) is 19.9 Å². The van der Waals surface area contributed by atoms with Crippen LogP contribution in [0.15, 0.2) is 113 Å². The van der Waals surface area contributed by atoms with Crippen molar-refractivity contribution < 1.29 is 21.6 Å². The van der Waals surface area contributed by atoms with Crippen molar-refractivity contribution in [3.63, 3.8) is 0 Å². The summed E-state index contributed by atoms with van der Waals surface area (Å²) >= 11 is 0. The molecule has 0 saturated carbocycles. The van der Waals surface area contributed by atoms with Crippen LogP contribution in [0.1, 0.15) is 21.5 Å². The van der Waals surface area contributed by atoms with Gasteiger partial charge in [-0.3, -0.25) is 9.10 Å². The third-order valence-corrected chi connectivity index (χ3v) is 10.1. The average Bonchev–Trinajstić information content (AvgIpc) is 3.07. The Kier molecular flexibility index (Phi) is 7.50. The van der Waals surface area contributed by atoms with Gasteiger partial charge in [-0.05, 0) is 62.4 Å². The molecule has 8 nitrogen and oxygen atoms in total. The number of fused-ring (bicyclic) bond motifs is 1. The molecule has 206 valence electrons. The number of aryl methyl sites for hydroxylation is 2. The van der Waals surface area contributed by atoms with E-state index in [4.69, 9.17) is 0 Å². The normalized spacial score (nSPS) is 15.9. The minimum atomic E-state index is -4.21. The van der Waals surface area contributed by atoms with Gasteiger partial charge in [-0.1, -0.05) is 65.7 Å². The first kappa shape index (κ1) is 27.6. The van der Waals surface area contributed by atoms with Crippen molar-refractivity contribution >= 4 is 37.3 Å². The molecule has 0 fully saturated rings. The van der Waals surface area contributed by atoms with Crippen molar-refractivity contribution in [2.45, 2.75) is 29.7 Å². The summed E-state index contributed by atoms with van der Waals surface area (Å²) in [6.07, 6.45) is 0. The summed E-state index contributed by atoms with van der Waals surface area (Å²) in [5.74, 6) is -0.380. The molecule has 0 saturated heterocycles. The van der Waals surface area contributed by atoms with Gasteiger partial charge in [0.2, 0.25) is 10.0 Å². The van der Waals surface area contributed by atoms with Crippen LogP contribution in [0.4, 0.5) is 11.4 Å². The second-order valence-electron chi connectivity index (χ2n) is 9.70. The molecule has 4 aromatic carbocycles. The number of nitrogens with one attached hydrogen (secondary N) is 1. The SMILES string of the molecule is Cc1ccc(S(=O)(=O)NCC2CN(c3ccccc3)C(=O)c3ccccc3N2S(=O)(=O)c2ccc(C)cc2)cc1. The van der Waals surface area contributed by atoms with Crippen LogP contribution in [0.2, 0.25) is 0 Å². The van der Waals surface area contributed by atoms with E-state index in [9.17, 15) is 21.6 Å². The van der Waals surface area contributed by atoms with E-state index in [0.717, 1.165) is 11.1 Å². The summed E-state index contributed by atoms with van der Waals surface area (Å²) in [6.45, 7) is 3.36. The molecule has 1 aliphatic heterocycles. The van der Waals surface area contributed by atoms with E-state index >= 15 is 0 Å². The molecular formula is C30H29N3O5S2. The number of carbonyl (C=O) groups excluding carboxylic acids is 1. The molecule has 1 amide bonds. The van der Waals surface area contributed by atoms with Gasteiger partial charge in [-0.25, -0.2) is 21.6 Å². The Balaban J connectivity index is 1.64. The highest BCUT2D eigenvalue weighted by Crippen LogP contribution is 2.35. The predicted molar refractivity (Wildman–Crippen MR) is 156 cm³/mol. The minimum absolute atomic E-state index is 0.0416. The maximum atomic E-state index is 14.2. The van der Waals surface area contributed by atoms with Crippen molar-refractivity contribution in [3.05, 3.63) is 120 Å². The first-order valence-corrected chi connectivity index (χ1v) is 15.6. The lowest BCUT2D eigenvalue weighted by Gasteiger charge is -2.33. The van der Waals surface area contributed by atoms with Crippen molar-refractivity contribution in [2.24, 2.45) is 0 Å². The van der Waals surface area contributed by atoms with Crippen molar-refractivity contribution in [1.29, 1.82) is 0 Å². The Morgan fingerprint density at radius 3 is 1.90 bits per heavy atom. The number of amides is 1. The van der Waals surface area contributed by atoms with Crippen LogP contribution in [0.3, 0.4) is 0 Å². The van der Waals surface area contributed by atoms with E-state index < -0.39 is 26.1 Å². The summed E-state index contributed by atoms with van der Waals surface area (Å²) in [5.41, 5.74) is 2.76. The van der Waals surface area contributed by atoms with E-state index in [1.165, 1.54) is 33.5 Å². The second-order valence-corrected chi connectivity index (χ2v) is 13.3. The van der Waals surface area contributed by atoms with Crippen LogP contribution >= 0.6 is 0 Å². The van der Waals surface area contributed by atoms with Crippen LogP contribution in [-0.2, 0) is 20.0 Å². The van der Waals surface area contributed by atoms with Gasteiger partial charge in [0.05, 0.1) is 27.1 Å². The zero-order valence-corrected chi connectivity index (χ0v) is 23.7. The molecule has 0 spiro atoms. The Labute approximate surface area is 235 Å². The number of nitrogens with zero attached hydrogens (tertiary/aromatic N) is 2. The van der Waals surface area contributed by atoms with Crippen LogP contribution < -0.4 is 13.9 Å². The number of anilines is 2. The van der Waals surface area contributed by atoms with Gasteiger partial charge >= 0.3 is 0 Å². The number of benzene rings is 4. The molecule has 10 heteroatoms. The molecule has 1 N–H and O–H groups in total. The fourth-order valence-electron chi connectivity index (χ4n) is 4.69. The van der Waals surface area contributed by atoms with Crippen molar-refractivity contribution in [3.8, 4) is 0 Å². The average molecular weight is 576 g/mol. The third-order valence-electron chi connectivity index (χ3n) is 6.83. The summed E-state index contributed by atoms with van der Waals surface area (Å²) in [6, 6.07) is 27.3. The summed E-state index contributed by atoms with van der Waals surface area (Å²) in [7, 11) is -8.19. The quantitative estimate of drug-likeness (QED) is 0.349. The molecule has 0 aliphatic carbocycles.